The molecule has 0 saturated carbocycles. The van der Waals surface area contributed by atoms with E-state index in [4.69, 9.17) is 5.73 Å². The smallest absolute Gasteiger partial charge is 0.274 e. The quantitative estimate of drug-likeness (QED) is 0.832. The molecule has 1 saturated heterocycles. The van der Waals surface area contributed by atoms with Crippen molar-refractivity contribution in [3.05, 3.63) is 29.6 Å². The summed E-state index contributed by atoms with van der Waals surface area (Å²) >= 11 is 0. The second-order valence-corrected chi connectivity index (χ2v) is 5.36. The highest BCUT2D eigenvalue weighted by atomic mass is 16.2. The zero-order valence-electron chi connectivity index (χ0n) is 12.1. The fraction of sp³-hybridized carbons (Fsp3) is 0.500. The first-order chi connectivity index (χ1) is 9.65. The summed E-state index contributed by atoms with van der Waals surface area (Å²) in [6, 6.07) is 3.92. The first-order valence-corrected chi connectivity index (χ1v) is 7.10. The number of nitrogens with two attached hydrogens (primary N) is 1. The number of amides is 1. The van der Waals surface area contributed by atoms with Crippen LogP contribution in [0.25, 0.3) is 0 Å². The van der Waals surface area contributed by atoms with Crippen molar-refractivity contribution in [2.45, 2.75) is 32.7 Å². The van der Waals surface area contributed by atoms with Gasteiger partial charge in [0.25, 0.3) is 5.91 Å². The average molecular weight is 271 g/mol. The molecule has 4 nitrogen and oxygen atoms in total. The molecule has 2 rings (SSSR count). The van der Waals surface area contributed by atoms with Gasteiger partial charge in [0.2, 0.25) is 0 Å². The van der Waals surface area contributed by atoms with Gasteiger partial charge >= 0.3 is 0 Å². The molecule has 1 aromatic heterocycles. The molecule has 1 aliphatic heterocycles. The molecule has 1 aromatic rings. The van der Waals surface area contributed by atoms with Crippen LogP contribution < -0.4 is 5.73 Å². The molecule has 2 N–H and O–H groups in total. The van der Waals surface area contributed by atoms with Crippen LogP contribution >= 0.6 is 0 Å². The summed E-state index contributed by atoms with van der Waals surface area (Å²) in [5.41, 5.74) is 6.51. The van der Waals surface area contributed by atoms with E-state index in [1.165, 1.54) is 0 Å². The molecule has 0 radical (unpaired) electrons. The van der Waals surface area contributed by atoms with Crippen molar-refractivity contribution in [1.29, 1.82) is 0 Å². The lowest BCUT2D eigenvalue weighted by atomic mass is 10.0. The van der Waals surface area contributed by atoms with Crippen LogP contribution in [-0.2, 0) is 0 Å². The molecule has 2 heterocycles. The predicted molar refractivity (Wildman–Crippen MR) is 79.1 cm³/mol. The summed E-state index contributed by atoms with van der Waals surface area (Å²) < 4.78 is 0. The monoisotopic (exact) mass is 271 g/mol. The Labute approximate surface area is 120 Å². The van der Waals surface area contributed by atoms with Gasteiger partial charge < -0.3 is 10.6 Å². The number of aromatic nitrogens is 1. The molecule has 20 heavy (non-hydrogen) atoms. The normalized spacial score (nSPS) is 18.0. The van der Waals surface area contributed by atoms with Crippen molar-refractivity contribution in [1.82, 2.24) is 9.88 Å². The second kappa shape index (κ2) is 6.53. The highest BCUT2D eigenvalue weighted by Gasteiger charge is 2.32. The van der Waals surface area contributed by atoms with Crippen molar-refractivity contribution in [3.63, 3.8) is 0 Å². The first-order valence-electron chi connectivity index (χ1n) is 7.10. The maximum Gasteiger partial charge on any atom is 0.274 e. The molecule has 0 bridgehead atoms. The molecule has 0 aromatic carbocycles. The fourth-order valence-corrected chi connectivity index (χ4v) is 2.70. The molecule has 0 spiro atoms. The first kappa shape index (κ1) is 14.5. The van der Waals surface area contributed by atoms with Crippen LogP contribution in [0.4, 0.5) is 0 Å². The van der Waals surface area contributed by atoms with Gasteiger partial charge in [-0.2, -0.15) is 0 Å². The molecule has 1 aliphatic rings. The molecule has 1 fully saturated rings. The maximum atomic E-state index is 12.7. The zero-order valence-corrected chi connectivity index (χ0v) is 12.1. The second-order valence-electron chi connectivity index (χ2n) is 5.36. The van der Waals surface area contributed by atoms with Gasteiger partial charge in [-0.1, -0.05) is 25.7 Å². The van der Waals surface area contributed by atoms with Gasteiger partial charge in [0, 0.05) is 18.8 Å². The van der Waals surface area contributed by atoms with E-state index < -0.39 is 0 Å². The molecule has 0 aliphatic carbocycles. The van der Waals surface area contributed by atoms with Crippen LogP contribution in [0.2, 0.25) is 0 Å². The van der Waals surface area contributed by atoms with E-state index in [0.717, 1.165) is 19.4 Å². The van der Waals surface area contributed by atoms with Crippen molar-refractivity contribution in [2.75, 3.05) is 13.1 Å². The fourth-order valence-electron chi connectivity index (χ4n) is 2.70. The van der Waals surface area contributed by atoms with Gasteiger partial charge in [-0.25, -0.2) is 4.98 Å². The van der Waals surface area contributed by atoms with Crippen LogP contribution in [0.15, 0.2) is 18.3 Å². The number of pyridine rings is 1. The summed E-state index contributed by atoms with van der Waals surface area (Å²) in [4.78, 5) is 18.9. The van der Waals surface area contributed by atoms with E-state index in [2.05, 4.69) is 30.7 Å². The van der Waals surface area contributed by atoms with Crippen LogP contribution in [-0.4, -0.2) is 34.9 Å². The van der Waals surface area contributed by atoms with Crippen molar-refractivity contribution >= 4 is 5.91 Å². The number of rotatable bonds is 2. The Morgan fingerprint density at radius 1 is 1.60 bits per heavy atom. The Balaban J connectivity index is 2.29. The minimum atomic E-state index is -0.0110. The van der Waals surface area contributed by atoms with Gasteiger partial charge in [-0.05, 0) is 30.9 Å². The average Bonchev–Trinajstić information content (AvgIpc) is 2.94. The number of hydrogen-bond donors (Lipinski definition) is 1. The third-order valence-corrected chi connectivity index (χ3v) is 3.67. The molecule has 4 heteroatoms. The Bertz CT molecular complexity index is 542. The van der Waals surface area contributed by atoms with Crippen LogP contribution in [0.3, 0.4) is 0 Å². The Morgan fingerprint density at radius 3 is 3.10 bits per heavy atom. The van der Waals surface area contributed by atoms with Crippen molar-refractivity contribution in [2.24, 2.45) is 11.7 Å². The minimum absolute atomic E-state index is 0.0110. The van der Waals surface area contributed by atoms with Gasteiger partial charge in [-0.3, -0.25) is 4.79 Å². The summed E-state index contributed by atoms with van der Waals surface area (Å²) in [6.45, 7) is 5.40. The standard InChI is InChI=1S/C16H21N3O/c1-12(2)14-8-5-11-19(14)16(20)15-13(6-3-9-17)7-4-10-18-15/h4,7,10,12,14H,5,8-9,11,17H2,1-2H3. The number of carbonyl (C=O) groups is 1. The van der Waals surface area contributed by atoms with Crippen molar-refractivity contribution < 1.29 is 4.79 Å². The summed E-state index contributed by atoms with van der Waals surface area (Å²) in [5.74, 6) is 6.18. The lowest BCUT2D eigenvalue weighted by Gasteiger charge is -2.27. The van der Waals surface area contributed by atoms with Gasteiger partial charge in [0.05, 0.1) is 12.1 Å². The van der Waals surface area contributed by atoms with Crippen molar-refractivity contribution in [3.8, 4) is 11.8 Å². The number of hydrogen-bond acceptors (Lipinski definition) is 3. The van der Waals surface area contributed by atoms with Crippen LogP contribution in [0, 0.1) is 17.8 Å². The predicted octanol–water partition coefficient (Wildman–Crippen LogP) is 1.65. The zero-order chi connectivity index (χ0) is 14.5. The maximum absolute atomic E-state index is 12.7. The van der Waals surface area contributed by atoms with E-state index in [1.807, 2.05) is 11.0 Å². The Hall–Kier alpha value is -1.86. The summed E-state index contributed by atoms with van der Waals surface area (Å²) in [6.07, 6.45) is 3.77. The lowest BCUT2D eigenvalue weighted by Crippen LogP contribution is -2.39. The molecule has 106 valence electrons. The highest BCUT2D eigenvalue weighted by molar-refractivity contribution is 5.95. The van der Waals surface area contributed by atoms with Crippen LogP contribution in [0.5, 0.6) is 0 Å². The summed E-state index contributed by atoms with van der Waals surface area (Å²) in [5, 5.41) is 0. The Morgan fingerprint density at radius 2 is 2.40 bits per heavy atom. The number of likely N-dealkylation sites (tertiary alicyclic amines) is 1. The van der Waals surface area contributed by atoms with E-state index in [9.17, 15) is 4.79 Å². The minimum Gasteiger partial charge on any atom is -0.334 e. The number of carbonyl (C=O) groups excluding carboxylic acids is 1. The van der Waals surface area contributed by atoms with E-state index >= 15 is 0 Å². The van der Waals surface area contributed by atoms with E-state index in [1.54, 1.807) is 12.3 Å². The SMILES string of the molecule is CC(C)C1CCCN1C(=O)c1ncccc1C#CCN. The Kier molecular flexibility index (Phi) is 4.75. The largest absolute Gasteiger partial charge is 0.334 e. The molecule has 1 unspecified atom stereocenters. The van der Waals surface area contributed by atoms with Crippen LogP contribution in [0.1, 0.15) is 42.7 Å². The molecule has 1 atom stereocenters. The topological polar surface area (TPSA) is 59.2 Å². The molecular formula is C16H21N3O. The van der Waals surface area contributed by atoms with Gasteiger partial charge in [0.15, 0.2) is 0 Å². The lowest BCUT2D eigenvalue weighted by molar-refractivity contribution is 0.0695. The number of nitrogens with zero attached hydrogens (tertiary/aromatic N) is 2. The van der Waals surface area contributed by atoms with Gasteiger partial charge in [-0.15, -0.1) is 0 Å². The summed E-state index contributed by atoms with van der Waals surface area (Å²) in [7, 11) is 0. The van der Waals surface area contributed by atoms with E-state index in [-0.39, 0.29) is 12.5 Å². The third-order valence-electron chi connectivity index (χ3n) is 3.67. The van der Waals surface area contributed by atoms with Gasteiger partial charge in [0.1, 0.15) is 5.69 Å². The molecular weight excluding hydrogens is 250 g/mol. The molecule has 1 amide bonds. The highest BCUT2D eigenvalue weighted by Crippen LogP contribution is 2.25. The van der Waals surface area contributed by atoms with E-state index in [0.29, 0.717) is 23.2 Å². The third kappa shape index (κ3) is 3.00.